The van der Waals surface area contributed by atoms with Gasteiger partial charge in [0.2, 0.25) is 0 Å². The zero-order valence-corrected chi connectivity index (χ0v) is 14.8. The normalized spacial score (nSPS) is 11.0. The molecule has 3 heterocycles. The number of imidazole rings is 1. The van der Waals surface area contributed by atoms with Gasteiger partial charge < -0.3 is 9.88 Å². The monoisotopic (exact) mass is 346 g/mol. The molecule has 1 N–H and O–H groups in total. The van der Waals surface area contributed by atoms with E-state index < -0.39 is 0 Å². The predicted molar refractivity (Wildman–Crippen MR) is 99.8 cm³/mol. The summed E-state index contributed by atoms with van der Waals surface area (Å²) >= 11 is 0. The molecule has 1 amide bonds. The number of anilines is 1. The highest BCUT2D eigenvalue weighted by Crippen LogP contribution is 2.22. The van der Waals surface area contributed by atoms with Crippen molar-refractivity contribution in [2.45, 2.75) is 6.92 Å². The van der Waals surface area contributed by atoms with E-state index in [0.717, 1.165) is 28.1 Å². The third-order valence-corrected chi connectivity index (χ3v) is 4.32. The highest BCUT2D eigenvalue weighted by molar-refractivity contribution is 6.06. The van der Waals surface area contributed by atoms with Crippen molar-refractivity contribution in [1.29, 1.82) is 0 Å². The summed E-state index contributed by atoms with van der Waals surface area (Å²) in [5.74, 6) is 0.634. The molecule has 26 heavy (non-hydrogen) atoms. The number of rotatable bonds is 3. The van der Waals surface area contributed by atoms with Crippen LogP contribution in [0.5, 0.6) is 0 Å². The zero-order chi connectivity index (χ0) is 18.3. The van der Waals surface area contributed by atoms with Crippen LogP contribution in [0.3, 0.4) is 0 Å². The number of aryl methyl sites for hydroxylation is 3. The fraction of sp³-hybridized carbons (Fsp3) is 0.158. The van der Waals surface area contributed by atoms with Gasteiger partial charge in [-0.3, -0.25) is 9.48 Å². The van der Waals surface area contributed by atoms with E-state index in [1.54, 1.807) is 17.1 Å². The van der Waals surface area contributed by atoms with E-state index in [2.05, 4.69) is 20.4 Å². The number of amides is 1. The predicted octanol–water partition coefficient (Wildman–Crippen LogP) is 2.93. The number of aromatic nitrogens is 5. The van der Waals surface area contributed by atoms with Crippen molar-refractivity contribution in [3.05, 3.63) is 60.2 Å². The molecule has 0 fully saturated rings. The van der Waals surface area contributed by atoms with Gasteiger partial charge in [0.05, 0.1) is 11.3 Å². The SMILES string of the molecule is Cc1nn(C)c2ncc(C(=O)Nc3cccc(-c4nccn4C)c3)cc12. The fourth-order valence-electron chi connectivity index (χ4n) is 3.02. The lowest BCUT2D eigenvalue weighted by Crippen LogP contribution is -2.12. The van der Waals surface area contributed by atoms with E-state index in [1.165, 1.54) is 0 Å². The van der Waals surface area contributed by atoms with E-state index in [4.69, 9.17) is 0 Å². The first kappa shape index (κ1) is 16.0. The molecule has 0 radical (unpaired) electrons. The van der Waals surface area contributed by atoms with Crippen LogP contribution >= 0.6 is 0 Å². The molecule has 4 aromatic rings. The number of carbonyl (C=O) groups is 1. The Hall–Kier alpha value is -3.48. The lowest BCUT2D eigenvalue weighted by atomic mass is 10.1. The number of hydrogen-bond acceptors (Lipinski definition) is 4. The van der Waals surface area contributed by atoms with Crippen LogP contribution in [0.4, 0.5) is 5.69 Å². The summed E-state index contributed by atoms with van der Waals surface area (Å²) in [6.45, 7) is 1.90. The van der Waals surface area contributed by atoms with Crippen LogP contribution in [0.1, 0.15) is 16.1 Å². The Morgan fingerprint density at radius 3 is 2.77 bits per heavy atom. The van der Waals surface area contributed by atoms with E-state index in [0.29, 0.717) is 11.3 Å². The molecule has 0 saturated heterocycles. The number of carbonyl (C=O) groups excluding carboxylic acids is 1. The second kappa shape index (κ2) is 6.11. The number of nitrogens with one attached hydrogen (secondary N) is 1. The summed E-state index contributed by atoms with van der Waals surface area (Å²) in [7, 11) is 3.77. The number of fused-ring (bicyclic) bond motifs is 1. The molecule has 0 aliphatic carbocycles. The third-order valence-electron chi connectivity index (χ3n) is 4.32. The van der Waals surface area contributed by atoms with Gasteiger partial charge in [-0.1, -0.05) is 12.1 Å². The summed E-state index contributed by atoms with van der Waals surface area (Å²) < 4.78 is 3.65. The zero-order valence-electron chi connectivity index (χ0n) is 14.8. The molecule has 0 unspecified atom stereocenters. The molecule has 3 aromatic heterocycles. The van der Waals surface area contributed by atoms with Gasteiger partial charge in [-0.15, -0.1) is 0 Å². The Morgan fingerprint density at radius 2 is 2.00 bits per heavy atom. The minimum Gasteiger partial charge on any atom is -0.334 e. The minimum absolute atomic E-state index is 0.209. The maximum atomic E-state index is 12.6. The average molecular weight is 346 g/mol. The number of pyridine rings is 1. The van der Waals surface area contributed by atoms with Crippen molar-refractivity contribution in [2.75, 3.05) is 5.32 Å². The fourth-order valence-corrected chi connectivity index (χ4v) is 3.02. The van der Waals surface area contributed by atoms with Crippen LogP contribution in [0.25, 0.3) is 22.4 Å². The van der Waals surface area contributed by atoms with E-state index >= 15 is 0 Å². The van der Waals surface area contributed by atoms with Gasteiger partial charge in [0, 0.05) is 49.3 Å². The van der Waals surface area contributed by atoms with Crippen molar-refractivity contribution in [3.63, 3.8) is 0 Å². The molecule has 0 atom stereocenters. The maximum Gasteiger partial charge on any atom is 0.257 e. The molecule has 0 saturated carbocycles. The molecular formula is C19H18N6O. The maximum absolute atomic E-state index is 12.6. The highest BCUT2D eigenvalue weighted by Gasteiger charge is 2.12. The minimum atomic E-state index is -0.209. The highest BCUT2D eigenvalue weighted by atomic mass is 16.1. The summed E-state index contributed by atoms with van der Waals surface area (Å²) in [4.78, 5) is 21.3. The summed E-state index contributed by atoms with van der Waals surface area (Å²) in [6, 6.07) is 9.44. The van der Waals surface area contributed by atoms with Gasteiger partial charge in [-0.05, 0) is 25.1 Å². The average Bonchev–Trinajstić information content (AvgIpc) is 3.18. The van der Waals surface area contributed by atoms with E-state index in [1.807, 2.05) is 62.1 Å². The molecule has 0 aliphatic rings. The Bertz CT molecular complexity index is 1120. The lowest BCUT2D eigenvalue weighted by Gasteiger charge is -2.08. The number of nitrogens with zero attached hydrogens (tertiary/aromatic N) is 5. The second-order valence-corrected chi connectivity index (χ2v) is 6.20. The number of hydrogen-bond donors (Lipinski definition) is 1. The molecule has 4 rings (SSSR count). The van der Waals surface area contributed by atoms with E-state index in [9.17, 15) is 4.79 Å². The molecule has 7 heteroatoms. The Balaban J connectivity index is 1.62. The number of benzene rings is 1. The topological polar surface area (TPSA) is 77.6 Å². The van der Waals surface area contributed by atoms with Gasteiger partial charge in [0.1, 0.15) is 5.82 Å². The first-order chi connectivity index (χ1) is 12.5. The van der Waals surface area contributed by atoms with Crippen molar-refractivity contribution < 1.29 is 4.79 Å². The van der Waals surface area contributed by atoms with Crippen molar-refractivity contribution in [2.24, 2.45) is 14.1 Å². The van der Waals surface area contributed by atoms with E-state index in [-0.39, 0.29) is 5.91 Å². The molecule has 130 valence electrons. The van der Waals surface area contributed by atoms with Gasteiger partial charge in [-0.2, -0.15) is 5.10 Å². The first-order valence-corrected chi connectivity index (χ1v) is 8.21. The van der Waals surface area contributed by atoms with Gasteiger partial charge in [0.25, 0.3) is 5.91 Å². The molecule has 1 aromatic carbocycles. The van der Waals surface area contributed by atoms with Crippen molar-refractivity contribution >= 4 is 22.6 Å². The smallest absolute Gasteiger partial charge is 0.257 e. The van der Waals surface area contributed by atoms with Gasteiger partial charge >= 0.3 is 0 Å². The molecule has 0 aliphatic heterocycles. The van der Waals surface area contributed by atoms with Crippen LogP contribution in [0, 0.1) is 6.92 Å². The molecule has 0 spiro atoms. The van der Waals surface area contributed by atoms with Crippen molar-refractivity contribution in [1.82, 2.24) is 24.3 Å². The first-order valence-electron chi connectivity index (χ1n) is 8.21. The molecule has 7 nitrogen and oxygen atoms in total. The van der Waals surface area contributed by atoms with Gasteiger partial charge in [0.15, 0.2) is 5.65 Å². The largest absolute Gasteiger partial charge is 0.334 e. The summed E-state index contributed by atoms with van der Waals surface area (Å²) in [5.41, 5.74) is 3.75. The molecular weight excluding hydrogens is 328 g/mol. The quantitative estimate of drug-likeness (QED) is 0.619. The van der Waals surface area contributed by atoms with Crippen LogP contribution in [0.15, 0.2) is 48.9 Å². The Labute approximate surface area is 150 Å². The van der Waals surface area contributed by atoms with Crippen LogP contribution < -0.4 is 5.32 Å². The van der Waals surface area contributed by atoms with Crippen molar-refractivity contribution in [3.8, 4) is 11.4 Å². The Kier molecular flexibility index (Phi) is 3.76. The van der Waals surface area contributed by atoms with Crippen LogP contribution in [0.2, 0.25) is 0 Å². The van der Waals surface area contributed by atoms with Crippen LogP contribution in [-0.4, -0.2) is 30.2 Å². The standard InChI is InChI=1S/C19H18N6O/c1-12-16-10-14(11-21-18(16)25(3)23-12)19(26)22-15-6-4-5-13(9-15)17-20-7-8-24(17)2/h4-11H,1-3H3,(H,22,26). The molecule has 0 bridgehead atoms. The Morgan fingerprint density at radius 1 is 1.15 bits per heavy atom. The third kappa shape index (κ3) is 2.73. The van der Waals surface area contributed by atoms with Gasteiger partial charge in [-0.25, -0.2) is 9.97 Å². The second-order valence-electron chi connectivity index (χ2n) is 6.20. The summed E-state index contributed by atoms with van der Waals surface area (Å²) in [6.07, 6.45) is 5.21. The summed E-state index contributed by atoms with van der Waals surface area (Å²) in [5, 5.41) is 8.14. The van der Waals surface area contributed by atoms with Crippen LogP contribution in [-0.2, 0) is 14.1 Å². The lowest BCUT2D eigenvalue weighted by molar-refractivity contribution is 0.102.